The van der Waals surface area contributed by atoms with Crippen LogP contribution in [0.2, 0.25) is 0 Å². The van der Waals surface area contributed by atoms with Gasteiger partial charge < -0.3 is 14.2 Å². The number of aliphatic imine (C=N–C) groups is 1. The van der Waals surface area contributed by atoms with Crippen molar-refractivity contribution in [3.8, 4) is 0 Å². The van der Waals surface area contributed by atoms with Crippen LogP contribution in [0, 0.1) is 0 Å². The Morgan fingerprint density at radius 1 is 1.33 bits per heavy atom. The summed E-state index contributed by atoms with van der Waals surface area (Å²) in [7, 11) is 2.11. The molecule has 2 aliphatic heterocycles. The summed E-state index contributed by atoms with van der Waals surface area (Å²) in [4.78, 5) is 21.2. The lowest BCUT2D eigenvalue weighted by Crippen LogP contribution is -2.46. The van der Waals surface area contributed by atoms with Crippen molar-refractivity contribution in [2.75, 3.05) is 33.2 Å². The first kappa shape index (κ1) is 14.2. The second kappa shape index (κ2) is 6.32. The Morgan fingerprint density at radius 3 is 2.86 bits per heavy atom. The van der Waals surface area contributed by atoms with Gasteiger partial charge in [-0.25, -0.2) is 0 Å². The minimum absolute atomic E-state index is 0.155. The zero-order chi connectivity index (χ0) is 14.7. The summed E-state index contributed by atoms with van der Waals surface area (Å²) in [6.07, 6.45) is 7.06. The van der Waals surface area contributed by atoms with Gasteiger partial charge >= 0.3 is 0 Å². The van der Waals surface area contributed by atoms with Gasteiger partial charge in [0.2, 0.25) is 0 Å². The molecule has 0 N–H and O–H groups in total. The number of carbonyl (C=O) groups excluding carboxylic acids is 1. The van der Waals surface area contributed by atoms with E-state index in [0.717, 1.165) is 37.1 Å². The van der Waals surface area contributed by atoms with Crippen LogP contribution in [-0.2, 0) is 4.79 Å². The molecule has 2 aliphatic rings. The molecule has 0 radical (unpaired) electrons. The van der Waals surface area contributed by atoms with Crippen molar-refractivity contribution >= 4 is 28.9 Å². The van der Waals surface area contributed by atoms with Crippen molar-refractivity contribution in [1.29, 1.82) is 0 Å². The predicted octanol–water partition coefficient (Wildman–Crippen LogP) is 2.05. The molecule has 3 rings (SSSR count). The molecule has 1 saturated heterocycles. The van der Waals surface area contributed by atoms with E-state index < -0.39 is 0 Å². The van der Waals surface area contributed by atoms with E-state index in [4.69, 9.17) is 4.42 Å². The molecule has 0 aromatic carbocycles. The van der Waals surface area contributed by atoms with E-state index in [1.165, 1.54) is 11.8 Å². The minimum Gasteiger partial charge on any atom is -0.465 e. The Hall–Kier alpha value is -1.79. The maximum Gasteiger partial charge on any atom is 0.286 e. The maximum atomic E-state index is 11.9. The number of hydrogen-bond donors (Lipinski definition) is 0. The standard InChI is InChI=1S/C15H17N3O2S/c1-17-7-9-18(10-8-17)15-16-14(19)13(21-15)6-2-4-12-5-3-11-20-12/h2-6,11H,7-10H2,1H3. The predicted molar refractivity (Wildman–Crippen MR) is 84.9 cm³/mol. The van der Waals surface area contributed by atoms with Crippen molar-refractivity contribution < 1.29 is 9.21 Å². The summed E-state index contributed by atoms with van der Waals surface area (Å²) in [6.45, 7) is 3.85. The van der Waals surface area contributed by atoms with Gasteiger partial charge in [-0.05, 0) is 43.1 Å². The van der Waals surface area contributed by atoms with Crippen LogP contribution in [0.1, 0.15) is 5.76 Å². The second-order valence-corrected chi connectivity index (χ2v) is 6.01. The highest BCUT2D eigenvalue weighted by Crippen LogP contribution is 2.28. The average Bonchev–Trinajstić information content (AvgIpc) is 3.10. The van der Waals surface area contributed by atoms with Gasteiger partial charge in [-0.3, -0.25) is 4.79 Å². The number of rotatable bonds is 2. The second-order valence-electron chi connectivity index (χ2n) is 5.00. The van der Waals surface area contributed by atoms with E-state index in [1.807, 2.05) is 24.3 Å². The van der Waals surface area contributed by atoms with Crippen LogP contribution in [0.15, 0.2) is 44.9 Å². The molecule has 0 unspecified atom stereocenters. The van der Waals surface area contributed by atoms with E-state index >= 15 is 0 Å². The van der Waals surface area contributed by atoms with E-state index in [0.29, 0.717) is 4.91 Å². The number of carbonyl (C=O) groups is 1. The van der Waals surface area contributed by atoms with Crippen molar-refractivity contribution in [2.45, 2.75) is 0 Å². The number of hydrogen-bond acceptors (Lipinski definition) is 5. The topological polar surface area (TPSA) is 49.0 Å². The Kier molecular flexibility index (Phi) is 4.26. The summed E-state index contributed by atoms with van der Waals surface area (Å²) in [5, 5.41) is 0.825. The normalized spacial score (nSPS) is 22.5. The Balaban J connectivity index is 1.62. The van der Waals surface area contributed by atoms with Gasteiger partial charge in [0.05, 0.1) is 11.2 Å². The summed E-state index contributed by atoms with van der Waals surface area (Å²) >= 11 is 1.45. The van der Waals surface area contributed by atoms with Crippen LogP contribution in [0.5, 0.6) is 0 Å². The number of furan rings is 1. The van der Waals surface area contributed by atoms with Crippen LogP contribution in [0.3, 0.4) is 0 Å². The molecule has 21 heavy (non-hydrogen) atoms. The first-order valence-corrected chi connectivity index (χ1v) is 7.70. The first-order chi connectivity index (χ1) is 10.2. The first-order valence-electron chi connectivity index (χ1n) is 6.88. The van der Waals surface area contributed by atoms with Gasteiger partial charge in [0.15, 0.2) is 5.17 Å². The molecule has 0 saturated carbocycles. The van der Waals surface area contributed by atoms with Gasteiger partial charge in [0, 0.05) is 26.2 Å². The van der Waals surface area contributed by atoms with Gasteiger partial charge in [-0.2, -0.15) is 4.99 Å². The van der Waals surface area contributed by atoms with Gasteiger partial charge in [-0.15, -0.1) is 0 Å². The van der Waals surface area contributed by atoms with Crippen LogP contribution in [0.25, 0.3) is 6.08 Å². The quantitative estimate of drug-likeness (QED) is 0.783. The maximum absolute atomic E-state index is 11.9. The van der Waals surface area contributed by atoms with Gasteiger partial charge in [0.25, 0.3) is 5.91 Å². The number of likely N-dealkylation sites (N-methyl/N-ethyl adjacent to an activating group) is 1. The van der Waals surface area contributed by atoms with Crippen LogP contribution >= 0.6 is 11.8 Å². The molecular weight excluding hydrogens is 286 g/mol. The monoisotopic (exact) mass is 303 g/mol. The molecule has 0 spiro atoms. The third-order valence-corrected chi connectivity index (χ3v) is 4.50. The molecule has 1 aromatic heterocycles. The van der Waals surface area contributed by atoms with E-state index in [9.17, 15) is 4.79 Å². The Bertz CT molecular complexity index is 596. The average molecular weight is 303 g/mol. The van der Waals surface area contributed by atoms with Gasteiger partial charge in [-0.1, -0.05) is 6.08 Å². The minimum atomic E-state index is -0.155. The summed E-state index contributed by atoms with van der Waals surface area (Å²) in [5.41, 5.74) is 0. The fraction of sp³-hybridized carbons (Fsp3) is 0.333. The van der Waals surface area contributed by atoms with Crippen molar-refractivity contribution in [2.24, 2.45) is 4.99 Å². The van der Waals surface area contributed by atoms with Crippen LogP contribution < -0.4 is 0 Å². The van der Waals surface area contributed by atoms with Gasteiger partial charge in [0.1, 0.15) is 5.76 Å². The SMILES string of the molecule is CN1CCN(C2=NC(=O)C(=CC=Cc3ccco3)S2)CC1. The molecule has 1 aromatic rings. The number of nitrogens with zero attached hydrogens (tertiary/aromatic N) is 3. The van der Waals surface area contributed by atoms with Crippen LogP contribution in [0.4, 0.5) is 0 Å². The molecule has 0 atom stereocenters. The lowest BCUT2D eigenvalue weighted by Gasteiger charge is -2.32. The highest BCUT2D eigenvalue weighted by Gasteiger charge is 2.27. The zero-order valence-corrected chi connectivity index (χ0v) is 12.7. The van der Waals surface area contributed by atoms with E-state index in [-0.39, 0.29) is 5.91 Å². The zero-order valence-electron chi connectivity index (χ0n) is 11.9. The lowest BCUT2D eigenvalue weighted by molar-refractivity contribution is -0.113. The third-order valence-electron chi connectivity index (χ3n) is 3.43. The molecular formula is C15H17N3O2S. The number of allylic oxidation sites excluding steroid dienone is 2. The number of thioether (sulfide) groups is 1. The van der Waals surface area contributed by atoms with E-state index in [1.54, 1.807) is 12.3 Å². The number of piperazine rings is 1. The number of amidine groups is 1. The molecule has 0 aliphatic carbocycles. The fourth-order valence-electron chi connectivity index (χ4n) is 2.16. The molecule has 0 bridgehead atoms. The highest BCUT2D eigenvalue weighted by molar-refractivity contribution is 8.18. The Morgan fingerprint density at radius 2 is 2.14 bits per heavy atom. The highest BCUT2D eigenvalue weighted by atomic mass is 32.2. The summed E-state index contributed by atoms with van der Waals surface area (Å²) in [5.74, 6) is 0.612. The van der Waals surface area contributed by atoms with Crippen LogP contribution in [-0.4, -0.2) is 54.1 Å². The molecule has 3 heterocycles. The summed E-state index contributed by atoms with van der Waals surface area (Å²) in [6, 6.07) is 3.70. The smallest absolute Gasteiger partial charge is 0.286 e. The largest absolute Gasteiger partial charge is 0.465 e. The Labute approximate surface area is 128 Å². The molecule has 1 amide bonds. The number of amides is 1. The molecule has 110 valence electrons. The fourth-order valence-corrected chi connectivity index (χ4v) is 3.08. The van der Waals surface area contributed by atoms with Crippen molar-refractivity contribution in [1.82, 2.24) is 9.80 Å². The van der Waals surface area contributed by atoms with Crippen molar-refractivity contribution in [3.63, 3.8) is 0 Å². The molecule has 1 fully saturated rings. The lowest BCUT2D eigenvalue weighted by atomic mass is 10.3. The van der Waals surface area contributed by atoms with E-state index in [2.05, 4.69) is 21.8 Å². The third kappa shape index (κ3) is 3.46. The molecule has 6 heteroatoms. The van der Waals surface area contributed by atoms with Crippen molar-refractivity contribution in [3.05, 3.63) is 41.2 Å². The molecule has 5 nitrogen and oxygen atoms in total. The summed E-state index contributed by atoms with van der Waals surface area (Å²) < 4.78 is 5.20.